The fourth-order valence-corrected chi connectivity index (χ4v) is 7.48. The van der Waals surface area contributed by atoms with Gasteiger partial charge in [0.1, 0.15) is 22.2 Å². The number of aryl methyl sites for hydroxylation is 1. The highest BCUT2D eigenvalue weighted by atomic mass is 32.2. The Balaban J connectivity index is 1.42. The van der Waals surface area contributed by atoms with Gasteiger partial charge >= 0.3 is 0 Å². The number of aromatic nitrogens is 1. The second-order valence-electron chi connectivity index (χ2n) is 11.3. The number of nitrogens with one attached hydrogen (secondary N) is 2. The number of nitrogen functional groups attached to an aromatic ring is 1. The number of amides is 1. The highest BCUT2D eigenvalue weighted by molar-refractivity contribution is 7.89. The van der Waals surface area contributed by atoms with Crippen molar-refractivity contribution in [2.45, 2.75) is 43.2 Å². The summed E-state index contributed by atoms with van der Waals surface area (Å²) in [6.07, 6.45) is -0.143. The molecule has 1 aliphatic carbocycles. The average Bonchev–Trinajstić information content (AvgIpc) is 3.49. The Kier molecular flexibility index (Phi) is 6.42. The summed E-state index contributed by atoms with van der Waals surface area (Å²) in [5.41, 5.74) is 4.83. The molecule has 2 atom stereocenters. The fraction of sp³-hybridized carbons (Fsp3) is 0.379. The van der Waals surface area contributed by atoms with E-state index < -0.39 is 33.0 Å². The van der Waals surface area contributed by atoms with E-state index in [0.29, 0.717) is 37.5 Å². The monoisotopic (exact) mass is 595 g/mol. The molecule has 0 bridgehead atoms. The minimum atomic E-state index is -3.90. The Morgan fingerprint density at radius 3 is 2.55 bits per heavy atom. The van der Waals surface area contributed by atoms with E-state index in [9.17, 15) is 23.1 Å². The number of likely N-dealkylation sites (N-methyl/N-ethyl adjacent to an activating group) is 1. The number of aromatic amines is 1. The number of hydrogen-bond donors (Lipinski definition) is 4. The normalized spacial score (nSPS) is 23.8. The molecule has 3 heterocycles. The van der Waals surface area contributed by atoms with Crippen LogP contribution < -0.4 is 20.5 Å². The number of Topliss-reactive ketones (excluding diaryl/α,β-unsaturated/α-hetero) is 1. The lowest BCUT2D eigenvalue weighted by atomic mass is 9.82. The molecule has 2 aliphatic heterocycles. The Hall–Kier alpha value is -3.91. The van der Waals surface area contributed by atoms with Crippen molar-refractivity contribution >= 4 is 27.4 Å². The van der Waals surface area contributed by atoms with Crippen LogP contribution in [0.2, 0.25) is 0 Å². The van der Waals surface area contributed by atoms with Crippen LogP contribution in [0.25, 0.3) is 0 Å². The van der Waals surface area contributed by atoms with Crippen molar-refractivity contribution in [2.24, 2.45) is 0 Å². The average molecular weight is 596 g/mol. The molecule has 12 nitrogen and oxygen atoms in total. The van der Waals surface area contributed by atoms with Crippen LogP contribution in [0.15, 0.2) is 47.5 Å². The molecule has 13 heteroatoms. The van der Waals surface area contributed by atoms with Gasteiger partial charge in [0.05, 0.1) is 11.7 Å². The third-order valence-corrected chi connectivity index (χ3v) is 9.94. The largest absolute Gasteiger partial charge is 0.491 e. The van der Waals surface area contributed by atoms with Crippen LogP contribution in [-0.2, 0) is 21.3 Å². The van der Waals surface area contributed by atoms with Crippen molar-refractivity contribution < 1.29 is 32.6 Å². The van der Waals surface area contributed by atoms with E-state index in [1.54, 1.807) is 31.2 Å². The summed E-state index contributed by atoms with van der Waals surface area (Å²) in [6, 6.07) is 10.8. The van der Waals surface area contributed by atoms with Crippen LogP contribution in [0.3, 0.4) is 0 Å². The highest BCUT2D eigenvalue weighted by Crippen LogP contribution is 2.59. The number of ketones is 1. The zero-order chi connectivity index (χ0) is 30.2. The predicted octanol–water partition coefficient (Wildman–Crippen LogP) is 1.69. The van der Waals surface area contributed by atoms with Crippen LogP contribution >= 0.6 is 0 Å². The van der Waals surface area contributed by atoms with E-state index in [-0.39, 0.29) is 45.0 Å². The highest BCUT2D eigenvalue weighted by Gasteiger charge is 2.72. The van der Waals surface area contributed by atoms with Crippen molar-refractivity contribution in [3.63, 3.8) is 0 Å². The lowest BCUT2D eigenvalue weighted by molar-refractivity contribution is -0.169. The van der Waals surface area contributed by atoms with E-state index in [4.69, 9.17) is 15.2 Å². The molecular formula is C29H33N5O7S. The Morgan fingerprint density at radius 2 is 1.86 bits per heavy atom. The van der Waals surface area contributed by atoms with Gasteiger partial charge in [0.15, 0.2) is 0 Å². The second kappa shape index (κ2) is 9.56. The summed E-state index contributed by atoms with van der Waals surface area (Å²) in [5, 5.41) is 14.7. The molecule has 1 fully saturated rings. The van der Waals surface area contributed by atoms with Crippen LogP contribution in [-0.4, -0.2) is 78.7 Å². The van der Waals surface area contributed by atoms with Gasteiger partial charge in [0.25, 0.3) is 21.7 Å². The van der Waals surface area contributed by atoms with Crippen molar-refractivity contribution in [2.75, 3.05) is 39.0 Å². The molecule has 1 aromatic heterocycles. The number of piperazine rings is 1. The Bertz CT molecular complexity index is 1730. The molecule has 2 aromatic carbocycles. The van der Waals surface area contributed by atoms with Gasteiger partial charge in [-0.1, -0.05) is 12.1 Å². The third kappa shape index (κ3) is 3.95. The minimum Gasteiger partial charge on any atom is -0.491 e. The smallest absolute Gasteiger partial charge is 0.271 e. The first-order valence-corrected chi connectivity index (χ1v) is 15.1. The molecule has 5 N–H and O–H groups in total. The quantitative estimate of drug-likeness (QED) is 0.310. The number of benzene rings is 2. The molecule has 3 aliphatic rings. The van der Waals surface area contributed by atoms with Crippen molar-refractivity contribution in [3.8, 4) is 11.5 Å². The van der Waals surface area contributed by atoms with Gasteiger partial charge in [-0.15, -0.1) is 0 Å². The predicted molar refractivity (Wildman–Crippen MR) is 153 cm³/mol. The van der Waals surface area contributed by atoms with E-state index >= 15 is 0 Å². The van der Waals surface area contributed by atoms with E-state index in [1.807, 2.05) is 25.8 Å². The Morgan fingerprint density at radius 1 is 1.14 bits per heavy atom. The number of aliphatic hydroxyl groups is 1. The zero-order valence-electron chi connectivity index (χ0n) is 23.7. The minimum absolute atomic E-state index is 0.0370. The molecule has 0 spiro atoms. The number of sulfonamides is 1. The van der Waals surface area contributed by atoms with Crippen molar-refractivity contribution in [3.05, 3.63) is 70.4 Å². The second-order valence-corrected chi connectivity index (χ2v) is 13.2. The standard InChI is InChI=1S/C29H33N5O7S/c1-16(2)40-18-8-9-19-22(15-18)41-29(37)20-6-5-7-21(30)24(20)26(35)28(19,29)32-27(36)25-17(3)14-23(31-25)42(38,39)34-12-10-33(4)11-13-34/h5-9,14-16,31,37H,10-13,30H2,1-4H3,(H,32,36). The maximum absolute atomic E-state index is 14.2. The fourth-order valence-electron chi connectivity index (χ4n) is 6.00. The molecule has 2 unspecified atom stereocenters. The number of nitrogens with two attached hydrogens (primary N) is 1. The van der Waals surface area contributed by atoms with Crippen LogP contribution in [0, 0.1) is 6.92 Å². The molecule has 1 amide bonds. The maximum Gasteiger partial charge on any atom is 0.271 e. The van der Waals surface area contributed by atoms with Crippen molar-refractivity contribution in [1.82, 2.24) is 19.5 Å². The third-order valence-electron chi connectivity index (χ3n) is 8.12. The first kappa shape index (κ1) is 28.2. The van der Waals surface area contributed by atoms with Gasteiger partial charge < -0.3 is 35.5 Å². The number of carbonyl (C=O) groups is 2. The molecule has 222 valence electrons. The van der Waals surface area contributed by atoms with E-state index in [0.717, 1.165) is 0 Å². The first-order chi connectivity index (χ1) is 19.8. The molecule has 1 saturated heterocycles. The SMILES string of the molecule is Cc1cc(S(=O)(=O)N2CCN(C)CC2)[nH]c1C(=O)NC12C(=O)c3c(N)cccc3C1(O)Oc1cc(OC(C)C)ccc12. The maximum atomic E-state index is 14.2. The van der Waals surface area contributed by atoms with E-state index in [2.05, 4.69) is 10.3 Å². The zero-order valence-corrected chi connectivity index (χ0v) is 24.5. The number of H-pyrrole nitrogens is 1. The van der Waals surface area contributed by atoms with Gasteiger partial charge in [0, 0.05) is 49.1 Å². The van der Waals surface area contributed by atoms with Crippen LogP contribution in [0.1, 0.15) is 51.4 Å². The Labute approximate surface area is 243 Å². The summed E-state index contributed by atoms with van der Waals surface area (Å²) in [4.78, 5) is 32.9. The molecule has 6 rings (SSSR count). The van der Waals surface area contributed by atoms with Gasteiger partial charge in [-0.2, -0.15) is 4.31 Å². The number of fused-ring (bicyclic) bond motifs is 5. The number of anilines is 1. The van der Waals surface area contributed by atoms with Crippen LogP contribution in [0.5, 0.6) is 11.5 Å². The number of nitrogens with zero attached hydrogens (tertiary/aromatic N) is 2. The van der Waals surface area contributed by atoms with Crippen LogP contribution in [0.4, 0.5) is 5.69 Å². The number of ether oxygens (including phenoxy) is 2. The topological polar surface area (TPSA) is 167 Å². The molecule has 0 radical (unpaired) electrons. The van der Waals surface area contributed by atoms with Gasteiger partial charge in [-0.05, 0) is 57.6 Å². The summed E-state index contributed by atoms with van der Waals surface area (Å²) in [7, 11) is -1.98. The molecular weight excluding hydrogens is 562 g/mol. The molecule has 42 heavy (non-hydrogen) atoms. The number of rotatable bonds is 6. The van der Waals surface area contributed by atoms with Gasteiger partial charge in [0.2, 0.25) is 11.3 Å². The summed E-state index contributed by atoms with van der Waals surface area (Å²) >= 11 is 0. The number of hydrogen-bond acceptors (Lipinski definition) is 9. The number of carbonyl (C=O) groups excluding carboxylic acids is 2. The summed E-state index contributed by atoms with van der Waals surface area (Å²) in [6.45, 7) is 7.12. The first-order valence-electron chi connectivity index (χ1n) is 13.7. The molecule has 3 aromatic rings. The van der Waals surface area contributed by atoms with Gasteiger partial charge in [-0.25, -0.2) is 8.42 Å². The summed E-state index contributed by atoms with van der Waals surface area (Å²) < 4.78 is 40.0. The van der Waals surface area contributed by atoms with Gasteiger partial charge in [-0.3, -0.25) is 9.59 Å². The summed E-state index contributed by atoms with van der Waals surface area (Å²) in [5.74, 6) is -3.19. The van der Waals surface area contributed by atoms with E-state index in [1.165, 1.54) is 22.5 Å². The molecule has 0 saturated carbocycles. The van der Waals surface area contributed by atoms with Crippen molar-refractivity contribution in [1.29, 1.82) is 0 Å². The lowest BCUT2D eigenvalue weighted by Gasteiger charge is -2.34. The lowest BCUT2D eigenvalue weighted by Crippen LogP contribution is -2.60.